The Balaban J connectivity index is 1.66. The Bertz CT molecular complexity index is 759. The van der Waals surface area contributed by atoms with Crippen molar-refractivity contribution >= 4 is 5.97 Å². The lowest BCUT2D eigenvalue weighted by molar-refractivity contribution is 0.0126. The van der Waals surface area contributed by atoms with Crippen molar-refractivity contribution < 1.29 is 18.8 Å². The van der Waals surface area contributed by atoms with E-state index in [1.54, 1.807) is 0 Å². The first-order valence-electron chi connectivity index (χ1n) is 8.54. The van der Waals surface area contributed by atoms with Gasteiger partial charge in [0.1, 0.15) is 5.76 Å². The monoisotopic (exact) mass is 344 g/mol. The van der Waals surface area contributed by atoms with Gasteiger partial charge in [-0.2, -0.15) is 0 Å². The zero-order chi connectivity index (χ0) is 18.0. The van der Waals surface area contributed by atoms with Gasteiger partial charge in [0.2, 0.25) is 6.79 Å². The quantitative estimate of drug-likeness (QED) is 0.662. The minimum atomic E-state index is -0.391. The van der Waals surface area contributed by atoms with Crippen LogP contribution in [0.2, 0.25) is 0 Å². The van der Waals surface area contributed by atoms with Crippen LogP contribution in [0, 0.1) is 20.8 Å². The van der Waals surface area contributed by atoms with E-state index in [2.05, 4.69) is 10.5 Å². The summed E-state index contributed by atoms with van der Waals surface area (Å²) in [4.78, 5) is 12.4. The van der Waals surface area contributed by atoms with Gasteiger partial charge in [0.25, 0.3) is 5.88 Å². The van der Waals surface area contributed by atoms with Gasteiger partial charge in [-0.1, -0.05) is 17.7 Å². The molecule has 0 amide bonds. The summed E-state index contributed by atoms with van der Waals surface area (Å²) in [5.41, 5.74) is 4.44. The van der Waals surface area contributed by atoms with Gasteiger partial charge in [0.15, 0.2) is 0 Å². The molecule has 1 aliphatic carbocycles. The molecule has 0 fully saturated rings. The molecular weight excluding hydrogens is 320 g/mol. The summed E-state index contributed by atoms with van der Waals surface area (Å²) in [6.07, 6.45) is 2.90. The van der Waals surface area contributed by atoms with E-state index >= 15 is 0 Å². The van der Waals surface area contributed by atoms with Gasteiger partial charge in [0, 0.05) is 12.5 Å². The van der Waals surface area contributed by atoms with Crippen LogP contribution in [0.4, 0.5) is 0 Å². The number of aryl methyl sites for hydroxylation is 4. The molecule has 2 aromatic rings. The number of fused-ring (bicyclic) bond motifs is 1. The number of hydrogen-bond donors (Lipinski definition) is 1. The summed E-state index contributed by atoms with van der Waals surface area (Å²) >= 11 is 0. The van der Waals surface area contributed by atoms with Gasteiger partial charge in [-0.25, -0.2) is 4.79 Å². The van der Waals surface area contributed by atoms with Crippen LogP contribution in [0.15, 0.2) is 16.7 Å². The van der Waals surface area contributed by atoms with Crippen LogP contribution < -0.4 is 10.1 Å². The molecule has 0 spiro atoms. The molecular formula is C19H24N2O4. The lowest BCUT2D eigenvalue weighted by Crippen LogP contribution is -2.21. The molecule has 0 bridgehead atoms. The highest BCUT2D eigenvalue weighted by Crippen LogP contribution is 2.36. The normalized spacial score (nSPS) is 16.4. The fourth-order valence-corrected chi connectivity index (χ4v) is 3.55. The first-order chi connectivity index (χ1) is 12.0. The van der Waals surface area contributed by atoms with E-state index in [1.807, 2.05) is 40.0 Å². The van der Waals surface area contributed by atoms with Gasteiger partial charge in [-0.05, 0) is 56.9 Å². The molecule has 0 aliphatic heterocycles. The number of nitrogens with zero attached hydrogens (tertiary/aromatic N) is 1. The molecule has 1 heterocycles. The molecule has 1 aromatic carbocycles. The van der Waals surface area contributed by atoms with E-state index in [1.165, 1.54) is 0 Å². The maximum Gasteiger partial charge on any atom is 0.341 e. The molecule has 25 heavy (non-hydrogen) atoms. The molecule has 1 unspecified atom stereocenters. The van der Waals surface area contributed by atoms with E-state index in [9.17, 15) is 4.79 Å². The molecule has 0 radical (unpaired) electrons. The number of ether oxygens (including phenoxy) is 2. The third-order valence-electron chi connectivity index (χ3n) is 4.63. The molecule has 0 saturated carbocycles. The Morgan fingerprint density at radius 2 is 2.04 bits per heavy atom. The SMILES string of the molecule is CNC1CCCc2onc(OCOC(=O)c3c(C)cc(C)cc3C)c21. The lowest BCUT2D eigenvalue weighted by Gasteiger charge is -2.20. The van der Waals surface area contributed by atoms with Crippen molar-refractivity contribution in [2.24, 2.45) is 0 Å². The summed E-state index contributed by atoms with van der Waals surface area (Å²) in [5.74, 6) is 0.855. The number of carbonyl (C=O) groups is 1. The zero-order valence-corrected chi connectivity index (χ0v) is 15.1. The number of hydrogen-bond acceptors (Lipinski definition) is 6. The maximum atomic E-state index is 12.4. The van der Waals surface area contributed by atoms with Crippen molar-refractivity contribution in [2.75, 3.05) is 13.8 Å². The molecule has 6 heteroatoms. The minimum Gasteiger partial charge on any atom is -0.437 e. The van der Waals surface area contributed by atoms with Crippen molar-refractivity contribution in [3.8, 4) is 5.88 Å². The molecule has 3 rings (SSSR count). The van der Waals surface area contributed by atoms with E-state index < -0.39 is 5.97 Å². The number of rotatable bonds is 5. The van der Waals surface area contributed by atoms with Gasteiger partial charge >= 0.3 is 5.97 Å². The summed E-state index contributed by atoms with van der Waals surface area (Å²) in [7, 11) is 1.90. The molecule has 6 nitrogen and oxygen atoms in total. The zero-order valence-electron chi connectivity index (χ0n) is 15.1. The summed E-state index contributed by atoms with van der Waals surface area (Å²) in [6.45, 7) is 5.62. The third kappa shape index (κ3) is 3.54. The Morgan fingerprint density at radius 3 is 2.72 bits per heavy atom. The Kier molecular flexibility index (Phi) is 5.08. The minimum absolute atomic E-state index is 0.155. The predicted molar refractivity (Wildman–Crippen MR) is 92.8 cm³/mol. The first-order valence-corrected chi connectivity index (χ1v) is 8.54. The van der Waals surface area contributed by atoms with Gasteiger partial charge in [0.05, 0.1) is 11.1 Å². The van der Waals surface area contributed by atoms with Crippen molar-refractivity contribution in [2.45, 2.75) is 46.1 Å². The van der Waals surface area contributed by atoms with Crippen LogP contribution in [-0.4, -0.2) is 25.0 Å². The van der Waals surface area contributed by atoms with Crippen LogP contribution in [0.5, 0.6) is 5.88 Å². The number of benzene rings is 1. The van der Waals surface area contributed by atoms with Crippen molar-refractivity contribution in [1.82, 2.24) is 10.5 Å². The molecule has 1 aliphatic rings. The highest BCUT2D eigenvalue weighted by molar-refractivity contribution is 5.92. The summed E-state index contributed by atoms with van der Waals surface area (Å²) in [5, 5.41) is 7.23. The molecule has 134 valence electrons. The van der Waals surface area contributed by atoms with Gasteiger partial charge in [-0.15, -0.1) is 0 Å². The van der Waals surface area contributed by atoms with Crippen molar-refractivity contribution in [3.05, 3.63) is 45.7 Å². The van der Waals surface area contributed by atoms with Crippen LogP contribution in [0.25, 0.3) is 0 Å². The fourth-order valence-electron chi connectivity index (χ4n) is 3.55. The van der Waals surface area contributed by atoms with E-state index in [-0.39, 0.29) is 12.8 Å². The Labute approximate surface area is 147 Å². The average Bonchev–Trinajstić information content (AvgIpc) is 2.97. The Hall–Kier alpha value is -2.34. The summed E-state index contributed by atoms with van der Waals surface area (Å²) < 4.78 is 16.2. The predicted octanol–water partition coefficient (Wildman–Crippen LogP) is 3.39. The van der Waals surface area contributed by atoms with Crippen molar-refractivity contribution in [1.29, 1.82) is 0 Å². The molecule has 1 atom stereocenters. The smallest absolute Gasteiger partial charge is 0.341 e. The van der Waals surface area contributed by atoms with Gasteiger partial charge in [-0.3, -0.25) is 0 Å². The molecule has 1 aromatic heterocycles. The fraction of sp³-hybridized carbons (Fsp3) is 0.474. The third-order valence-corrected chi connectivity index (χ3v) is 4.63. The van der Waals surface area contributed by atoms with E-state index in [0.29, 0.717) is 11.4 Å². The van der Waals surface area contributed by atoms with Crippen molar-refractivity contribution in [3.63, 3.8) is 0 Å². The molecule has 0 saturated heterocycles. The topological polar surface area (TPSA) is 73.6 Å². The second-order valence-electron chi connectivity index (χ2n) is 6.53. The van der Waals surface area contributed by atoms with E-state index in [0.717, 1.165) is 47.3 Å². The second-order valence-corrected chi connectivity index (χ2v) is 6.53. The average molecular weight is 344 g/mol. The lowest BCUT2D eigenvalue weighted by atomic mass is 9.93. The molecule has 1 N–H and O–H groups in total. The van der Waals surface area contributed by atoms with Crippen LogP contribution in [-0.2, 0) is 11.2 Å². The Morgan fingerprint density at radius 1 is 1.32 bits per heavy atom. The van der Waals surface area contributed by atoms with Crippen LogP contribution in [0.3, 0.4) is 0 Å². The number of carbonyl (C=O) groups excluding carboxylic acids is 1. The van der Waals surface area contributed by atoms with Crippen LogP contribution >= 0.6 is 0 Å². The highest BCUT2D eigenvalue weighted by Gasteiger charge is 2.28. The number of esters is 1. The van der Waals surface area contributed by atoms with Crippen LogP contribution in [0.1, 0.15) is 57.3 Å². The highest BCUT2D eigenvalue weighted by atomic mass is 16.7. The number of nitrogens with one attached hydrogen (secondary N) is 1. The van der Waals surface area contributed by atoms with Gasteiger partial charge < -0.3 is 19.3 Å². The number of aromatic nitrogens is 1. The second kappa shape index (κ2) is 7.27. The first kappa shape index (κ1) is 17.5. The maximum absolute atomic E-state index is 12.4. The van der Waals surface area contributed by atoms with E-state index in [4.69, 9.17) is 14.0 Å². The summed E-state index contributed by atoms with van der Waals surface area (Å²) in [6, 6.07) is 4.09. The standard InChI is InChI=1S/C19H24N2O4/c1-11-8-12(2)16(13(3)9-11)19(22)24-10-23-18-17-14(20-4)6-5-7-15(17)25-21-18/h8-9,14,20H,5-7,10H2,1-4H3. The largest absolute Gasteiger partial charge is 0.437 e.